The van der Waals surface area contributed by atoms with Crippen LogP contribution in [0.5, 0.6) is 0 Å². The normalized spacial score (nSPS) is 11.1. The fourth-order valence-electron chi connectivity index (χ4n) is 3.23. The second-order valence-electron chi connectivity index (χ2n) is 6.46. The van der Waals surface area contributed by atoms with Crippen LogP contribution >= 0.6 is 11.3 Å². The highest BCUT2D eigenvalue weighted by atomic mass is 32.1. The largest absolute Gasteiger partial charge is 0.348 e. The third-order valence-electron chi connectivity index (χ3n) is 4.64. The topological polar surface area (TPSA) is 59.8 Å². The Morgan fingerprint density at radius 3 is 2.75 bits per heavy atom. The molecule has 0 aliphatic carbocycles. The predicted octanol–water partition coefficient (Wildman–Crippen LogP) is 4.57. The number of benzene rings is 3. The van der Waals surface area contributed by atoms with E-state index in [0.29, 0.717) is 12.1 Å². The average molecular weight is 384 g/mol. The highest BCUT2D eigenvalue weighted by Gasteiger charge is 2.12. The van der Waals surface area contributed by atoms with E-state index in [9.17, 15) is 4.79 Å². The van der Waals surface area contributed by atoms with Crippen LogP contribution in [0.3, 0.4) is 0 Å². The second-order valence-corrected chi connectivity index (χ2v) is 7.47. The number of aromatic nitrogens is 3. The van der Waals surface area contributed by atoms with Gasteiger partial charge in [0.05, 0.1) is 22.0 Å². The monoisotopic (exact) mass is 384 g/mol. The molecule has 0 atom stereocenters. The number of fused-ring (bicyclic) bond motifs is 2. The molecule has 0 saturated carbocycles. The molecule has 2 heterocycles. The summed E-state index contributed by atoms with van der Waals surface area (Å²) in [5.41, 5.74) is 2.53. The summed E-state index contributed by atoms with van der Waals surface area (Å²) in [6.45, 7) is 0.465. The number of hydrogen-bond acceptors (Lipinski definition) is 4. The second kappa shape index (κ2) is 6.90. The van der Waals surface area contributed by atoms with E-state index in [0.717, 1.165) is 31.7 Å². The lowest BCUT2D eigenvalue weighted by molar-refractivity contribution is 0.0951. The number of amides is 1. The van der Waals surface area contributed by atoms with E-state index in [1.54, 1.807) is 28.4 Å². The number of hydrogen-bond donors (Lipinski definition) is 1. The van der Waals surface area contributed by atoms with Gasteiger partial charge in [0.15, 0.2) is 0 Å². The van der Waals surface area contributed by atoms with Gasteiger partial charge in [0.1, 0.15) is 0 Å². The lowest BCUT2D eigenvalue weighted by Gasteiger charge is -2.07. The van der Waals surface area contributed by atoms with Crippen molar-refractivity contribution in [3.8, 4) is 5.13 Å². The lowest BCUT2D eigenvalue weighted by Crippen LogP contribution is -2.22. The Morgan fingerprint density at radius 2 is 1.82 bits per heavy atom. The quantitative estimate of drug-likeness (QED) is 0.494. The Kier molecular flexibility index (Phi) is 4.10. The van der Waals surface area contributed by atoms with Crippen molar-refractivity contribution in [1.29, 1.82) is 0 Å². The van der Waals surface area contributed by atoms with Crippen molar-refractivity contribution in [1.82, 2.24) is 20.1 Å². The first kappa shape index (κ1) is 16.6. The highest BCUT2D eigenvalue weighted by Crippen LogP contribution is 2.24. The Labute approximate surface area is 165 Å². The van der Waals surface area contributed by atoms with E-state index in [4.69, 9.17) is 0 Å². The Hall–Kier alpha value is -3.51. The van der Waals surface area contributed by atoms with Crippen molar-refractivity contribution in [3.63, 3.8) is 0 Å². The van der Waals surface area contributed by atoms with Gasteiger partial charge in [0.25, 0.3) is 5.91 Å². The molecule has 0 aliphatic heterocycles. The van der Waals surface area contributed by atoms with Crippen LogP contribution in [-0.4, -0.2) is 20.7 Å². The molecule has 136 valence electrons. The molecule has 28 heavy (non-hydrogen) atoms. The number of carbonyl (C=O) groups excluding carboxylic acids is 1. The highest BCUT2D eigenvalue weighted by molar-refractivity contribution is 7.20. The first-order valence-electron chi connectivity index (χ1n) is 8.93. The van der Waals surface area contributed by atoms with Crippen molar-refractivity contribution in [2.24, 2.45) is 0 Å². The van der Waals surface area contributed by atoms with Gasteiger partial charge in [-0.25, -0.2) is 9.67 Å². The van der Waals surface area contributed by atoms with Crippen molar-refractivity contribution < 1.29 is 4.79 Å². The van der Waals surface area contributed by atoms with E-state index in [2.05, 4.69) is 33.6 Å². The summed E-state index contributed by atoms with van der Waals surface area (Å²) < 4.78 is 2.74. The zero-order chi connectivity index (χ0) is 18.9. The molecule has 2 aromatic heterocycles. The van der Waals surface area contributed by atoms with Crippen LogP contribution in [0.15, 0.2) is 79.1 Å². The Morgan fingerprint density at radius 1 is 1.00 bits per heavy atom. The van der Waals surface area contributed by atoms with Crippen LogP contribution in [0.2, 0.25) is 0 Å². The van der Waals surface area contributed by atoms with Crippen molar-refractivity contribution in [3.05, 3.63) is 90.3 Å². The maximum Gasteiger partial charge on any atom is 0.254 e. The summed E-state index contributed by atoms with van der Waals surface area (Å²) >= 11 is 1.54. The molecular weight excluding hydrogens is 368 g/mol. The van der Waals surface area contributed by atoms with Crippen molar-refractivity contribution >= 4 is 38.2 Å². The molecule has 0 radical (unpaired) electrons. The van der Waals surface area contributed by atoms with Gasteiger partial charge in [0, 0.05) is 12.7 Å². The summed E-state index contributed by atoms with van der Waals surface area (Å²) in [7, 11) is 0. The van der Waals surface area contributed by atoms with Crippen molar-refractivity contribution in [2.75, 3.05) is 0 Å². The van der Waals surface area contributed by atoms with Gasteiger partial charge >= 0.3 is 0 Å². The molecular formula is C22H16N4OS. The van der Waals surface area contributed by atoms with Gasteiger partial charge < -0.3 is 5.32 Å². The fourth-order valence-corrected chi connectivity index (χ4v) is 4.13. The van der Waals surface area contributed by atoms with E-state index >= 15 is 0 Å². The molecule has 0 saturated heterocycles. The van der Waals surface area contributed by atoms with Gasteiger partial charge in [0.2, 0.25) is 5.13 Å². The maximum atomic E-state index is 12.6. The van der Waals surface area contributed by atoms with Crippen LogP contribution in [0.1, 0.15) is 15.9 Å². The average Bonchev–Trinajstić information content (AvgIpc) is 3.39. The van der Waals surface area contributed by atoms with Gasteiger partial charge in [-0.2, -0.15) is 5.10 Å². The van der Waals surface area contributed by atoms with Crippen LogP contribution in [0.4, 0.5) is 0 Å². The minimum Gasteiger partial charge on any atom is -0.348 e. The lowest BCUT2D eigenvalue weighted by atomic mass is 10.0. The summed E-state index contributed by atoms with van der Waals surface area (Å²) in [5.74, 6) is -0.153. The zero-order valence-corrected chi connectivity index (χ0v) is 15.7. The molecule has 5 aromatic rings. The van der Waals surface area contributed by atoms with E-state index in [1.165, 1.54) is 0 Å². The number of nitrogens with one attached hydrogen (secondary N) is 1. The molecule has 5 rings (SSSR count). The molecule has 1 N–H and O–H groups in total. The SMILES string of the molecule is O=C(NCc1cccc2ccccc12)c1cnn(-c2nc3ccccc3s2)c1. The Balaban J connectivity index is 1.35. The summed E-state index contributed by atoms with van der Waals surface area (Å²) in [6, 6.07) is 22.2. The Bertz CT molecular complexity index is 1270. The smallest absolute Gasteiger partial charge is 0.254 e. The summed E-state index contributed by atoms with van der Waals surface area (Å²) in [5, 5.41) is 10.4. The number of rotatable bonds is 4. The molecule has 0 bridgehead atoms. The van der Waals surface area contributed by atoms with E-state index < -0.39 is 0 Å². The minimum atomic E-state index is -0.153. The first-order valence-corrected chi connectivity index (χ1v) is 9.75. The van der Waals surface area contributed by atoms with Crippen LogP contribution in [-0.2, 0) is 6.54 Å². The molecule has 6 heteroatoms. The minimum absolute atomic E-state index is 0.153. The molecule has 0 unspecified atom stereocenters. The first-order chi connectivity index (χ1) is 13.8. The zero-order valence-electron chi connectivity index (χ0n) is 14.9. The van der Waals surface area contributed by atoms with E-state index in [-0.39, 0.29) is 5.91 Å². The van der Waals surface area contributed by atoms with Crippen LogP contribution in [0, 0.1) is 0 Å². The standard InChI is InChI=1S/C22H16N4OS/c27-21(23-12-16-8-5-7-15-6-1-2-9-18(15)16)17-13-24-26(14-17)22-25-19-10-3-4-11-20(19)28-22/h1-11,13-14H,12H2,(H,23,27). The number of thiazole rings is 1. The molecule has 3 aromatic carbocycles. The molecule has 1 amide bonds. The van der Waals surface area contributed by atoms with Gasteiger partial charge in [-0.1, -0.05) is 65.9 Å². The molecule has 0 spiro atoms. The third kappa shape index (κ3) is 3.04. The summed E-state index contributed by atoms with van der Waals surface area (Å²) in [6.07, 6.45) is 3.29. The van der Waals surface area contributed by atoms with E-state index in [1.807, 2.05) is 48.5 Å². The third-order valence-corrected chi connectivity index (χ3v) is 5.67. The molecule has 0 aliphatic rings. The predicted molar refractivity (Wildman–Crippen MR) is 112 cm³/mol. The molecule has 0 fully saturated rings. The number of para-hydroxylation sites is 1. The fraction of sp³-hybridized carbons (Fsp3) is 0.0455. The number of carbonyl (C=O) groups is 1. The molecule has 5 nitrogen and oxygen atoms in total. The number of nitrogens with zero attached hydrogens (tertiary/aromatic N) is 3. The van der Waals surface area contributed by atoms with Gasteiger partial charge in [-0.05, 0) is 28.5 Å². The summed E-state index contributed by atoms with van der Waals surface area (Å²) in [4.78, 5) is 17.2. The van der Waals surface area contributed by atoms with Crippen molar-refractivity contribution in [2.45, 2.75) is 6.54 Å². The van der Waals surface area contributed by atoms with Crippen LogP contribution < -0.4 is 5.32 Å². The van der Waals surface area contributed by atoms with Gasteiger partial charge in [-0.3, -0.25) is 4.79 Å². The van der Waals surface area contributed by atoms with Gasteiger partial charge in [-0.15, -0.1) is 0 Å². The maximum absolute atomic E-state index is 12.6. The van der Waals surface area contributed by atoms with Crippen LogP contribution in [0.25, 0.3) is 26.1 Å².